The van der Waals surface area contributed by atoms with Gasteiger partial charge in [0.25, 0.3) is 5.91 Å². The van der Waals surface area contributed by atoms with Crippen molar-refractivity contribution in [3.63, 3.8) is 0 Å². The molecule has 3 amide bonds. The molecule has 0 bridgehead atoms. The number of furan rings is 1. The molecule has 7 heteroatoms. The minimum atomic E-state index is -0.969. The zero-order chi connectivity index (χ0) is 18.7. The molecule has 1 fully saturated rings. The van der Waals surface area contributed by atoms with E-state index < -0.39 is 18.2 Å². The lowest BCUT2D eigenvalue weighted by molar-refractivity contribution is -0.128. The minimum Gasteiger partial charge on any atom is -0.467 e. The third-order valence-electron chi connectivity index (χ3n) is 4.29. The largest absolute Gasteiger partial charge is 0.467 e. The number of ether oxygens (including phenoxy) is 1. The van der Waals surface area contributed by atoms with Crippen LogP contribution >= 0.6 is 0 Å². The fourth-order valence-electron chi connectivity index (χ4n) is 2.89. The van der Waals surface area contributed by atoms with Gasteiger partial charge in [0, 0.05) is 5.69 Å². The maximum Gasteiger partial charge on any atom is 0.332 e. The Hall–Kier alpha value is -2.64. The van der Waals surface area contributed by atoms with Gasteiger partial charge in [-0.1, -0.05) is 17.7 Å². The number of aliphatic hydroxyl groups excluding tert-OH is 1. The van der Waals surface area contributed by atoms with Crippen molar-refractivity contribution >= 4 is 17.6 Å². The Kier molecular flexibility index (Phi) is 5.39. The lowest BCUT2D eigenvalue weighted by Crippen LogP contribution is -2.40. The number of β-amino-alcohol motifs (C(OH)–C–C–N with tert-alkyl or cyclic N) is 1. The van der Waals surface area contributed by atoms with Crippen molar-refractivity contribution in [2.24, 2.45) is 0 Å². The van der Waals surface area contributed by atoms with Gasteiger partial charge in [-0.2, -0.15) is 0 Å². The molecule has 26 heavy (non-hydrogen) atoms. The molecule has 1 aliphatic heterocycles. The molecule has 2 aromatic rings. The molecule has 7 nitrogen and oxygen atoms in total. The second kappa shape index (κ2) is 7.72. The van der Waals surface area contributed by atoms with Crippen LogP contribution in [-0.4, -0.2) is 47.2 Å². The van der Waals surface area contributed by atoms with Crippen molar-refractivity contribution < 1.29 is 23.8 Å². The molecule has 138 valence electrons. The van der Waals surface area contributed by atoms with Crippen molar-refractivity contribution in [3.8, 4) is 0 Å². The molecule has 2 heterocycles. The summed E-state index contributed by atoms with van der Waals surface area (Å²) < 4.78 is 10.5. The predicted octanol–water partition coefficient (Wildman–Crippen LogP) is 2.32. The molecule has 0 aliphatic carbocycles. The summed E-state index contributed by atoms with van der Waals surface area (Å²) >= 11 is 0. The molecule has 1 saturated heterocycles. The molecule has 2 atom stereocenters. The SMILES string of the molecule is Cc1ccc(N2C(=O)N(CC(O)COCc3ccco3)C(=O)C2C)cc1. The Morgan fingerprint density at radius 2 is 1.96 bits per heavy atom. The van der Waals surface area contributed by atoms with Gasteiger partial charge in [-0.15, -0.1) is 0 Å². The van der Waals surface area contributed by atoms with E-state index in [2.05, 4.69) is 0 Å². The molecule has 2 unspecified atom stereocenters. The number of benzene rings is 1. The van der Waals surface area contributed by atoms with Gasteiger partial charge >= 0.3 is 6.03 Å². The zero-order valence-electron chi connectivity index (χ0n) is 14.8. The van der Waals surface area contributed by atoms with Crippen molar-refractivity contribution in [2.45, 2.75) is 32.6 Å². The predicted molar refractivity (Wildman–Crippen MR) is 94.6 cm³/mol. The first-order chi connectivity index (χ1) is 12.5. The monoisotopic (exact) mass is 358 g/mol. The van der Waals surface area contributed by atoms with E-state index in [1.165, 1.54) is 11.2 Å². The number of aliphatic hydroxyl groups is 1. The quantitative estimate of drug-likeness (QED) is 0.768. The molecule has 0 radical (unpaired) electrons. The number of carbonyl (C=O) groups excluding carboxylic acids is 2. The van der Waals surface area contributed by atoms with Crippen LogP contribution in [0.4, 0.5) is 10.5 Å². The Morgan fingerprint density at radius 1 is 1.23 bits per heavy atom. The van der Waals surface area contributed by atoms with Crippen molar-refractivity contribution in [1.82, 2.24) is 4.90 Å². The first-order valence-corrected chi connectivity index (χ1v) is 8.47. The zero-order valence-corrected chi connectivity index (χ0v) is 14.8. The van der Waals surface area contributed by atoms with E-state index in [0.29, 0.717) is 11.4 Å². The van der Waals surface area contributed by atoms with Gasteiger partial charge in [0.15, 0.2) is 0 Å². The number of hydrogen-bond acceptors (Lipinski definition) is 5. The minimum absolute atomic E-state index is 0.00330. The number of hydrogen-bond donors (Lipinski definition) is 1. The van der Waals surface area contributed by atoms with Gasteiger partial charge in [-0.25, -0.2) is 4.79 Å². The number of carbonyl (C=O) groups is 2. The molecular formula is C19H22N2O5. The molecule has 1 aromatic carbocycles. The summed E-state index contributed by atoms with van der Waals surface area (Å²) in [5, 5.41) is 10.1. The van der Waals surface area contributed by atoms with Gasteiger partial charge < -0.3 is 14.3 Å². The number of urea groups is 1. The highest BCUT2D eigenvalue weighted by molar-refractivity contribution is 6.14. The van der Waals surface area contributed by atoms with Crippen LogP contribution in [0.15, 0.2) is 47.1 Å². The van der Waals surface area contributed by atoms with Crippen LogP contribution in [0.25, 0.3) is 0 Å². The first kappa shape index (κ1) is 18.2. The van der Waals surface area contributed by atoms with E-state index in [0.717, 1.165) is 10.5 Å². The third-order valence-corrected chi connectivity index (χ3v) is 4.29. The highest BCUT2D eigenvalue weighted by Gasteiger charge is 2.43. The summed E-state index contributed by atoms with van der Waals surface area (Å²) in [4.78, 5) is 27.6. The summed E-state index contributed by atoms with van der Waals surface area (Å²) in [5.41, 5.74) is 1.73. The fraction of sp³-hybridized carbons (Fsp3) is 0.368. The molecule has 0 spiro atoms. The lowest BCUT2D eigenvalue weighted by Gasteiger charge is -2.20. The number of aryl methyl sites for hydroxylation is 1. The normalized spacial score (nSPS) is 18.7. The molecule has 1 aliphatic rings. The Balaban J connectivity index is 1.59. The number of rotatable bonds is 7. The summed E-state index contributed by atoms with van der Waals surface area (Å²) in [6, 6.07) is 9.86. The summed E-state index contributed by atoms with van der Waals surface area (Å²) in [7, 11) is 0. The van der Waals surface area contributed by atoms with E-state index >= 15 is 0 Å². The van der Waals surface area contributed by atoms with Crippen molar-refractivity contribution in [3.05, 3.63) is 54.0 Å². The molecular weight excluding hydrogens is 336 g/mol. The van der Waals surface area contributed by atoms with Gasteiger partial charge in [0.1, 0.15) is 18.4 Å². The molecule has 3 rings (SSSR count). The smallest absolute Gasteiger partial charge is 0.332 e. The maximum absolute atomic E-state index is 12.7. The Morgan fingerprint density at radius 3 is 2.62 bits per heavy atom. The second-order valence-corrected chi connectivity index (χ2v) is 6.36. The Bertz CT molecular complexity index is 757. The number of amides is 3. The average molecular weight is 358 g/mol. The lowest BCUT2D eigenvalue weighted by atomic mass is 10.2. The van der Waals surface area contributed by atoms with Crippen LogP contribution in [-0.2, 0) is 16.1 Å². The molecule has 1 N–H and O–H groups in total. The van der Waals surface area contributed by atoms with Gasteiger partial charge in [0.05, 0.1) is 25.5 Å². The second-order valence-electron chi connectivity index (χ2n) is 6.36. The third kappa shape index (κ3) is 3.79. The number of nitrogens with zero attached hydrogens (tertiary/aromatic N) is 2. The highest BCUT2D eigenvalue weighted by Crippen LogP contribution is 2.26. The summed E-state index contributed by atoms with van der Waals surface area (Å²) in [6.45, 7) is 3.74. The van der Waals surface area contributed by atoms with E-state index in [-0.39, 0.29) is 25.7 Å². The van der Waals surface area contributed by atoms with Gasteiger partial charge in [-0.3, -0.25) is 14.6 Å². The van der Waals surface area contributed by atoms with E-state index in [9.17, 15) is 14.7 Å². The van der Waals surface area contributed by atoms with Crippen LogP contribution in [0.5, 0.6) is 0 Å². The van der Waals surface area contributed by atoms with Crippen molar-refractivity contribution in [1.29, 1.82) is 0 Å². The molecule has 1 aromatic heterocycles. The molecule has 0 saturated carbocycles. The van der Waals surface area contributed by atoms with Crippen LogP contribution in [0, 0.1) is 6.92 Å². The van der Waals surface area contributed by atoms with Gasteiger partial charge in [-0.05, 0) is 38.1 Å². The fourth-order valence-corrected chi connectivity index (χ4v) is 2.89. The summed E-state index contributed by atoms with van der Waals surface area (Å²) in [6.07, 6.45) is 0.570. The Labute approximate surface area is 151 Å². The van der Waals surface area contributed by atoms with E-state index in [1.807, 2.05) is 31.2 Å². The highest BCUT2D eigenvalue weighted by atomic mass is 16.5. The maximum atomic E-state index is 12.7. The van der Waals surface area contributed by atoms with Gasteiger partial charge in [0.2, 0.25) is 0 Å². The summed E-state index contributed by atoms with van der Waals surface area (Å²) in [5.74, 6) is 0.311. The van der Waals surface area contributed by atoms with Crippen LogP contribution in [0.1, 0.15) is 18.2 Å². The van der Waals surface area contributed by atoms with E-state index in [4.69, 9.17) is 9.15 Å². The van der Waals surface area contributed by atoms with E-state index in [1.54, 1.807) is 19.1 Å². The van der Waals surface area contributed by atoms with Crippen LogP contribution < -0.4 is 4.90 Å². The number of anilines is 1. The van der Waals surface area contributed by atoms with Crippen LogP contribution in [0.2, 0.25) is 0 Å². The topological polar surface area (TPSA) is 83.2 Å². The average Bonchev–Trinajstić information content (AvgIpc) is 3.20. The number of imide groups is 1. The van der Waals surface area contributed by atoms with Crippen molar-refractivity contribution in [2.75, 3.05) is 18.1 Å². The standard InChI is InChI=1S/C19H22N2O5/c1-13-5-7-15(8-6-13)21-14(2)18(23)20(19(21)24)10-16(22)11-25-12-17-4-3-9-26-17/h3-9,14,16,22H,10-12H2,1-2H3. The van der Waals surface area contributed by atoms with Crippen LogP contribution in [0.3, 0.4) is 0 Å². The first-order valence-electron chi connectivity index (χ1n) is 8.47.